The Labute approximate surface area is 110 Å². The van der Waals surface area contributed by atoms with Gasteiger partial charge in [-0.05, 0) is 25.7 Å². The van der Waals surface area contributed by atoms with Gasteiger partial charge in [0.2, 0.25) is 0 Å². The molecule has 1 aliphatic rings. The van der Waals surface area contributed by atoms with Crippen LogP contribution in [0.1, 0.15) is 36.0 Å². The number of aryl methyl sites for hydroxylation is 1. The predicted molar refractivity (Wildman–Crippen MR) is 70.3 cm³/mol. The third-order valence-corrected chi connectivity index (χ3v) is 3.82. The highest BCUT2D eigenvalue weighted by molar-refractivity contribution is 9.09. The summed E-state index contributed by atoms with van der Waals surface area (Å²) in [6.45, 7) is 0.890. The first-order chi connectivity index (χ1) is 8.22. The zero-order chi connectivity index (χ0) is 12.3. The van der Waals surface area contributed by atoms with Gasteiger partial charge in [0.1, 0.15) is 0 Å². The number of hydrogen-bond donors (Lipinski definition) is 0. The molecule has 94 valence electrons. The normalized spacial score (nSPS) is 19.9. The third kappa shape index (κ3) is 2.89. The first-order valence-electron chi connectivity index (χ1n) is 6.08. The minimum Gasteiger partial charge on any atom is -0.336 e. The average molecular weight is 300 g/mol. The summed E-state index contributed by atoms with van der Waals surface area (Å²) >= 11 is 3.45. The van der Waals surface area contributed by atoms with E-state index in [4.69, 9.17) is 0 Å². The lowest BCUT2D eigenvalue weighted by Gasteiger charge is -2.24. The molecule has 0 saturated carbocycles. The molecule has 4 nitrogen and oxygen atoms in total. The molecule has 0 bridgehead atoms. The van der Waals surface area contributed by atoms with Crippen molar-refractivity contribution in [3.05, 3.63) is 18.0 Å². The topological polar surface area (TPSA) is 38.1 Å². The quantitative estimate of drug-likeness (QED) is 0.800. The van der Waals surface area contributed by atoms with Gasteiger partial charge in [-0.15, -0.1) is 0 Å². The molecule has 0 aliphatic carbocycles. The van der Waals surface area contributed by atoms with Crippen LogP contribution in [0.15, 0.2) is 12.4 Å². The SMILES string of the molecule is Cn1cc(C(=O)N2CCCC2CCCBr)cn1. The van der Waals surface area contributed by atoms with E-state index < -0.39 is 0 Å². The number of rotatable bonds is 4. The molecule has 0 spiro atoms. The van der Waals surface area contributed by atoms with E-state index in [1.165, 1.54) is 0 Å². The highest BCUT2D eigenvalue weighted by atomic mass is 79.9. The van der Waals surface area contributed by atoms with Gasteiger partial charge in [-0.2, -0.15) is 5.10 Å². The zero-order valence-corrected chi connectivity index (χ0v) is 11.7. The van der Waals surface area contributed by atoms with Crippen LogP contribution in [0, 0.1) is 0 Å². The Bertz CT molecular complexity index is 391. The molecule has 1 unspecified atom stereocenters. The molecule has 0 aromatic carbocycles. The molecule has 1 amide bonds. The van der Waals surface area contributed by atoms with E-state index in [1.807, 2.05) is 11.9 Å². The molecule has 2 rings (SSSR count). The van der Waals surface area contributed by atoms with Crippen molar-refractivity contribution in [3.8, 4) is 0 Å². The number of halogens is 1. The summed E-state index contributed by atoms with van der Waals surface area (Å²) in [6.07, 6.45) is 7.93. The van der Waals surface area contributed by atoms with Crippen LogP contribution >= 0.6 is 15.9 Å². The van der Waals surface area contributed by atoms with E-state index in [9.17, 15) is 4.79 Å². The molecule has 5 heteroatoms. The molecule has 0 N–H and O–H groups in total. The fourth-order valence-electron chi connectivity index (χ4n) is 2.41. The van der Waals surface area contributed by atoms with E-state index in [1.54, 1.807) is 17.1 Å². The van der Waals surface area contributed by atoms with Crippen LogP contribution in [0.4, 0.5) is 0 Å². The van der Waals surface area contributed by atoms with Gasteiger partial charge in [-0.1, -0.05) is 15.9 Å². The van der Waals surface area contributed by atoms with Crippen molar-refractivity contribution in [2.45, 2.75) is 31.7 Å². The highest BCUT2D eigenvalue weighted by Gasteiger charge is 2.29. The summed E-state index contributed by atoms with van der Waals surface area (Å²) in [5.41, 5.74) is 0.707. The largest absolute Gasteiger partial charge is 0.336 e. The van der Waals surface area contributed by atoms with Crippen molar-refractivity contribution in [1.82, 2.24) is 14.7 Å². The lowest BCUT2D eigenvalue weighted by atomic mass is 10.1. The predicted octanol–water partition coefficient (Wildman–Crippen LogP) is 2.20. The van der Waals surface area contributed by atoms with Gasteiger partial charge < -0.3 is 4.90 Å². The van der Waals surface area contributed by atoms with E-state index in [2.05, 4.69) is 21.0 Å². The second-order valence-electron chi connectivity index (χ2n) is 4.53. The number of carbonyl (C=O) groups is 1. The molecule has 1 fully saturated rings. The number of likely N-dealkylation sites (tertiary alicyclic amines) is 1. The van der Waals surface area contributed by atoms with Crippen LogP contribution in [0.5, 0.6) is 0 Å². The summed E-state index contributed by atoms with van der Waals surface area (Å²) in [5.74, 6) is 0.134. The van der Waals surface area contributed by atoms with E-state index in [-0.39, 0.29) is 5.91 Å². The van der Waals surface area contributed by atoms with Crippen LogP contribution < -0.4 is 0 Å². The number of nitrogens with zero attached hydrogens (tertiary/aromatic N) is 3. The van der Waals surface area contributed by atoms with Gasteiger partial charge in [0.15, 0.2) is 0 Å². The van der Waals surface area contributed by atoms with E-state index >= 15 is 0 Å². The number of aromatic nitrogens is 2. The molecule has 1 saturated heterocycles. The summed E-state index contributed by atoms with van der Waals surface area (Å²) in [4.78, 5) is 14.3. The standard InChI is InChI=1S/C12H18BrN3O/c1-15-9-10(8-14-15)12(17)16-7-3-5-11(16)4-2-6-13/h8-9,11H,2-7H2,1H3. The van der Waals surface area contributed by atoms with Crippen molar-refractivity contribution in [3.63, 3.8) is 0 Å². The third-order valence-electron chi connectivity index (χ3n) is 3.26. The average Bonchev–Trinajstić information content (AvgIpc) is 2.94. The van der Waals surface area contributed by atoms with Gasteiger partial charge in [0.05, 0.1) is 11.8 Å². The lowest BCUT2D eigenvalue weighted by Crippen LogP contribution is -2.35. The Morgan fingerprint density at radius 3 is 3.12 bits per heavy atom. The highest BCUT2D eigenvalue weighted by Crippen LogP contribution is 2.23. The maximum atomic E-state index is 12.3. The van der Waals surface area contributed by atoms with Gasteiger partial charge in [-0.3, -0.25) is 9.48 Å². The summed E-state index contributed by atoms with van der Waals surface area (Å²) < 4.78 is 1.68. The van der Waals surface area contributed by atoms with Crippen LogP contribution in [0.25, 0.3) is 0 Å². The van der Waals surface area contributed by atoms with Crippen LogP contribution in [-0.4, -0.2) is 38.5 Å². The molecule has 1 atom stereocenters. The second-order valence-corrected chi connectivity index (χ2v) is 5.32. The minimum atomic E-state index is 0.134. The molecular formula is C12H18BrN3O. The second kappa shape index (κ2) is 5.67. The molecule has 17 heavy (non-hydrogen) atoms. The van der Waals surface area contributed by atoms with Crippen LogP contribution in [0.3, 0.4) is 0 Å². The number of alkyl halides is 1. The van der Waals surface area contributed by atoms with Crippen molar-refractivity contribution < 1.29 is 4.79 Å². The van der Waals surface area contributed by atoms with Crippen molar-refractivity contribution in [2.24, 2.45) is 7.05 Å². The molecule has 1 aliphatic heterocycles. The first-order valence-corrected chi connectivity index (χ1v) is 7.20. The van der Waals surface area contributed by atoms with E-state index in [0.29, 0.717) is 11.6 Å². The Balaban J connectivity index is 2.03. The molecule has 1 aromatic heterocycles. The minimum absolute atomic E-state index is 0.134. The fraction of sp³-hybridized carbons (Fsp3) is 0.667. The fourth-order valence-corrected chi connectivity index (χ4v) is 2.74. The number of carbonyl (C=O) groups excluding carboxylic acids is 1. The molecule has 1 aromatic rings. The Morgan fingerprint density at radius 1 is 1.65 bits per heavy atom. The van der Waals surface area contributed by atoms with Gasteiger partial charge >= 0.3 is 0 Å². The summed E-state index contributed by atoms with van der Waals surface area (Å²) in [5, 5.41) is 5.07. The van der Waals surface area contributed by atoms with Gasteiger partial charge in [0.25, 0.3) is 5.91 Å². The molecular weight excluding hydrogens is 282 g/mol. The Morgan fingerprint density at radius 2 is 2.47 bits per heavy atom. The van der Waals surface area contributed by atoms with Crippen molar-refractivity contribution in [1.29, 1.82) is 0 Å². The van der Waals surface area contributed by atoms with Gasteiger partial charge in [0, 0.05) is 31.2 Å². The maximum Gasteiger partial charge on any atom is 0.257 e. The number of hydrogen-bond acceptors (Lipinski definition) is 2. The maximum absolute atomic E-state index is 12.3. The number of amides is 1. The smallest absolute Gasteiger partial charge is 0.257 e. The Hall–Kier alpha value is -0.840. The first kappa shape index (κ1) is 12.6. The van der Waals surface area contributed by atoms with Crippen LogP contribution in [-0.2, 0) is 7.05 Å². The van der Waals surface area contributed by atoms with Gasteiger partial charge in [-0.25, -0.2) is 0 Å². The van der Waals surface area contributed by atoms with Crippen molar-refractivity contribution >= 4 is 21.8 Å². The zero-order valence-electron chi connectivity index (χ0n) is 10.1. The van der Waals surface area contributed by atoms with Crippen molar-refractivity contribution in [2.75, 3.05) is 11.9 Å². The lowest BCUT2D eigenvalue weighted by molar-refractivity contribution is 0.0730. The summed E-state index contributed by atoms with van der Waals surface area (Å²) in [7, 11) is 1.84. The molecule has 0 radical (unpaired) electrons. The monoisotopic (exact) mass is 299 g/mol. The summed E-state index contributed by atoms with van der Waals surface area (Å²) in [6, 6.07) is 0.417. The van der Waals surface area contributed by atoms with E-state index in [0.717, 1.165) is 37.6 Å². The molecule has 2 heterocycles. The Kier molecular flexibility index (Phi) is 4.20. The van der Waals surface area contributed by atoms with Crippen LogP contribution in [0.2, 0.25) is 0 Å².